The molecule has 2 rings (SSSR count). The lowest BCUT2D eigenvalue weighted by Gasteiger charge is -2.18. The van der Waals surface area contributed by atoms with Crippen molar-refractivity contribution in [2.24, 2.45) is 0 Å². The Morgan fingerprint density at radius 1 is 0.771 bits per heavy atom. The molecule has 3 N–H and O–H groups in total. The van der Waals surface area contributed by atoms with E-state index in [2.05, 4.69) is 22.3 Å². The summed E-state index contributed by atoms with van der Waals surface area (Å²) >= 11 is 0. The minimum atomic E-state index is -3.65. The van der Waals surface area contributed by atoms with Crippen LogP contribution < -0.4 is 43.9 Å². The molecule has 0 aliphatic heterocycles. The minimum Gasteiger partial charge on any atom is -1.00 e. The molecule has 1 aromatic carbocycles. The SMILES string of the molecule is CCCCCCCCCCCCCCCCCCNC(=O)OCC(CNS(=O)(=O)CCC[n+]1cccc2ccccc21)OC(=O)NC.[I-]. The van der Waals surface area contributed by atoms with Crippen molar-refractivity contribution in [1.82, 2.24) is 15.4 Å². The van der Waals surface area contributed by atoms with Crippen LogP contribution in [0.1, 0.15) is 116 Å². The molecule has 0 aliphatic carbocycles. The summed E-state index contributed by atoms with van der Waals surface area (Å²) in [6, 6.07) is 11.9. The number of aromatic nitrogens is 1. The Morgan fingerprint density at radius 2 is 1.33 bits per heavy atom. The predicted molar refractivity (Wildman–Crippen MR) is 189 cm³/mol. The van der Waals surface area contributed by atoms with Crippen molar-refractivity contribution in [2.45, 2.75) is 129 Å². The van der Waals surface area contributed by atoms with Crippen molar-refractivity contribution < 1.29 is 56.0 Å². The molecule has 2 amide bonds. The maximum atomic E-state index is 12.7. The summed E-state index contributed by atoms with van der Waals surface area (Å²) in [5.74, 6) is -0.101. The maximum absolute atomic E-state index is 12.7. The van der Waals surface area contributed by atoms with Crippen LogP contribution in [0.4, 0.5) is 9.59 Å². The van der Waals surface area contributed by atoms with Crippen LogP contribution >= 0.6 is 0 Å². The second-order valence-corrected chi connectivity index (χ2v) is 14.3. The molecule has 48 heavy (non-hydrogen) atoms. The van der Waals surface area contributed by atoms with Gasteiger partial charge in [0.1, 0.15) is 13.2 Å². The number of nitrogens with zero attached hydrogens (tertiary/aromatic N) is 1. The summed E-state index contributed by atoms with van der Waals surface area (Å²) in [4.78, 5) is 24.0. The second-order valence-electron chi connectivity index (χ2n) is 12.4. The number of para-hydroxylation sites is 1. The lowest BCUT2D eigenvalue weighted by molar-refractivity contribution is -0.671. The molecule has 0 saturated carbocycles. The number of halogens is 1. The molecule has 1 aromatic heterocycles. The van der Waals surface area contributed by atoms with Gasteiger partial charge in [-0.25, -0.2) is 22.7 Å². The molecule has 0 aliphatic rings. The highest BCUT2D eigenvalue weighted by atomic mass is 127. The van der Waals surface area contributed by atoms with Gasteiger partial charge in [-0.3, -0.25) is 0 Å². The Labute approximate surface area is 307 Å². The molecular weight excluding hydrogens is 743 g/mol. The summed E-state index contributed by atoms with van der Waals surface area (Å²) in [5.41, 5.74) is 1.03. The van der Waals surface area contributed by atoms with E-state index in [1.165, 1.54) is 90.5 Å². The van der Waals surface area contributed by atoms with Crippen LogP contribution in [0.3, 0.4) is 0 Å². The van der Waals surface area contributed by atoms with E-state index in [9.17, 15) is 18.0 Å². The number of hydrogen-bond donors (Lipinski definition) is 3. The summed E-state index contributed by atoms with van der Waals surface area (Å²) in [7, 11) is -2.25. The van der Waals surface area contributed by atoms with Crippen LogP contribution in [0.25, 0.3) is 10.9 Å². The maximum Gasteiger partial charge on any atom is 0.407 e. The molecule has 0 spiro atoms. The van der Waals surface area contributed by atoms with Gasteiger partial charge in [0.25, 0.3) is 0 Å². The average molecular weight is 805 g/mol. The van der Waals surface area contributed by atoms with Gasteiger partial charge in [-0.1, -0.05) is 115 Å². The van der Waals surface area contributed by atoms with Crippen molar-refractivity contribution >= 4 is 33.1 Å². The number of carbonyl (C=O) groups is 2. The van der Waals surface area contributed by atoms with Gasteiger partial charge < -0.3 is 44.1 Å². The quantitative estimate of drug-likeness (QED) is 0.0709. The number of alkyl carbamates (subject to hydrolysis) is 2. The molecule has 2 aromatic rings. The third-order valence-electron chi connectivity index (χ3n) is 8.31. The fourth-order valence-corrected chi connectivity index (χ4v) is 6.65. The Kier molecular flexibility index (Phi) is 25.2. The molecular formula is C36H61IN4O6S. The molecule has 1 heterocycles. The molecule has 0 radical (unpaired) electrons. The highest BCUT2D eigenvalue weighted by Gasteiger charge is 2.20. The minimum absolute atomic E-state index is 0. The monoisotopic (exact) mass is 804 g/mol. The van der Waals surface area contributed by atoms with E-state index in [-0.39, 0.29) is 42.9 Å². The number of sulfonamides is 1. The number of ether oxygens (including phenoxy) is 2. The lowest BCUT2D eigenvalue weighted by Crippen LogP contribution is -3.00. The van der Waals surface area contributed by atoms with E-state index in [0.717, 1.165) is 30.2 Å². The van der Waals surface area contributed by atoms with E-state index in [1.54, 1.807) is 0 Å². The van der Waals surface area contributed by atoms with E-state index in [0.29, 0.717) is 19.5 Å². The third kappa shape index (κ3) is 21.0. The first-order valence-corrected chi connectivity index (χ1v) is 19.6. The number of aryl methyl sites for hydroxylation is 1. The second kappa shape index (κ2) is 27.6. The third-order valence-corrected chi connectivity index (χ3v) is 9.74. The Morgan fingerprint density at radius 3 is 1.94 bits per heavy atom. The molecule has 274 valence electrons. The van der Waals surface area contributed by atoms with Gasteiger partial charge in [0.15, 0.2) is 12.3 Å². The van der Waals surface area contributed by atoms with Crippen molar-refractivity contribution in [3.8, 4) is 0 Å². The molecule has 12 heteroatoms. The molecule has 1 unspecified atom stereocenters. The van der Waals surface area contributed by atoms with E-state index in [4.69, 9.17) is 9.47 Å². The van der Waals surface area contributed by atoms with Crippen LogP contribution in [0.5, 0.6) is 0 Å². The van der Waals surface area contributed by atoms with Crippen molar-refractivity contribution in [3.63, 3.8) is 0 Å². The van der Waals surface area contributed by atoms with Crippen LogP contribution in [0.15, 0.2) is 42.6 Å². The van der Waals surface area contributed by atoms with Gasteiger partial charge >= 0.3 is 12.2 Å². The first kappa shape index (κ1) is 43.8. The van der Waals surface area contributed by atoms with E-state index >= 15 is 0 Å². The summed E-state index contributed by atoms with van der Waals surface area (Å²) in [6.45, 7) is 2.82. The number of unbranched alkanes of at least 4 members (excludes halogenated alkanes) is 15. The largest absolute Gasteiger partial charge is 1.00 e. The average Bonchev–Trinajstić information content (AvgIpc) is 3.07. The molecule has 1 atom stereocenters. The fourth-order valence-electron chi connectivity index (χ4n) is 5.56. The van der Waals surface area contributed by atoms with Gasteiger partial charge in [0.05, 0.1) is 12.3 Å². The van der Waals surface area contributed by atoms with Gasteiger partial charge in [0.2, 0.25) is 15.5 Å². The van der Waals surface area contributed by atoms with Gasteiger partial charge in [-0.15, -0.1) is 0 Å². The zero-order valence-electron chi connectivity index (χ0n) is 29.4. The van der Waals surface area contributed by atoms with Crippen molar-refractivity contribution in [2.75, 3.05) is 32.5 Å². The summed E-state index contributed by atoms with van der Waals surface area (Å²) in [5, 5.41) is 6.14. The Hall–Kier alpha value is -2.19. The topological polar surface area (TPSA) is 127 Å². The van der Waals surface area contributed by atoms with E-state index < -0.39 is 28.3 Å². The lowest BCUT2D eigenvalue weighted by atomic mass is 10.0. The zero-order chi connectivity index (χ0) is 34.0. The Balaban J connectivity index is 0.0000115. The molecule has 0 fully saturated rings. The number of pyridine rings is 1. The number of fused-ring (bicyclic) bond motifs is 1. The first-order valence-electron chi connectivity index (χ1n) is 18.0. The highest BCUT2D eigenvalue weighted by molar-refractivity contribution is 7.89. The molecule has 0 bridgehead atoms. The zero-order valence-corrected chi connectivity index (χ0v) is 32.3. The van der Waals surface area contributed by atoms with Crippen LogP contribution in [-0.2, 0) is 26.0 Å². The normalized spacial score (nSPS) is 11.9. The number of carbonyl (C=O) groups excluding carboxylic acids is 2. The first-order chi connectivity index (χ1) is 22.8. The standard InChI is InChI=1S/C36H60N4O6S.HI/c1-3-4-5-6-7-8-9-10-11-12-13-14-15-16-17-20-26-38-36(42)45-31-33(46-35(41)37-2)30-39-47(43,44)29-22-28-40-27-21-24-32-23-18-19-25-34(32)40;/h18-19,21,23-25,27,33,39H,3-17,20,22,26,28-31H2,1-2H3,(H-,37,38,41,42);1H. The van der Waals surface area contributed by atoms with Gasteiger partial charge in [-0.2, -0.15) is 4.57 Å². The van der Waals surface area contributed by atoms with Crippen LogP contribution in [0.2, 0.25) is 0 Å². The summed E-state index contributed by atoms with van der Waals surface area (Å²) in [6.07, 6.45) is 20.6. The van der Waals surface area contributed by atoms with Crippen molar-refractivity contribution in [3.05, 3.63) is 42.6 Å². The summed E-state index contributed by atoms with van der Waals surface area (Å²) < 4.78 is 40.3. The number of benzene rings is 1. The number of amides is 2. The Bertz CT molecular complexity index is 1240. The van der Waals surface area contributed by atoms with Crippen LogP contribution in [0, 0.1) is 0 Å². The smallest absolute Gasteiger partial charge is 0.407 e. The number of hydrogen-bond acceptors (Lipinski definition) is 6. The number of rotatable bonds is 27. The highest BCUT2D eigenvalue weighted by Crippen LogP contribution is 2.14. The van der Waals surface area contributed by atoms with Crippen molar-refractivity contribution in [1.29, 1.82) is 0 Å². The molecule has 10 nitrogen and oxygen atoms in total. The fraction of sp³-hybridized carbons (Fsp3) is 0.694. The predicted octanol–water partition coefficient (Wildman–Crippen LogP) is 4.15. The van der Waals surface area contributed by atoms with Gasteiger partial charge in [-0.05, 0) is 18.6 Å². The van der Waals surface area contributed by atoms with Crippen LogP contribution in [-0.4, -0.2) is 59.2 Å². The van der Waals surface area contributed by atoms with Gasteiger partial charge in [0, 0.05) is 37.5 Å². The van der Waals surface area contributed by atoms with E-state index in [1.807, 2.05) is 47.2 Å². The molecule has 0 saturated heterocycles. The number of nitrogens with one attached hydrogen (secondary N) is 3.